The number of aryl methyl sites for hydroxylation is 1. The van der Waals surface area contributed by atoms with E-state index in [2.05, 4.69) is 5.32 Å². The molecule has 0 saturated carbocycles. The molecule has 2 N–H and O–H groups in total. The van der Waals surface area contributed by atoms with Crippen LogP contribution in [-0.4, -0.2) is 39.1 Å². The fourth-order valence-corrected chi connectivity index (χ4v) is 3.43. The Hall–Kier alpha value is -2.38. The molecule has 0 aromatic heterocycles. The number of hydrogen-bond acceptors (Lipinski definition) is 4. The standard InChI is InChI=1S/C18H22N2O4S/c1-13-7-9-16(10-8-13)20(3)25(23,24)17-6-4-5-15(11-17)18(22)19-12-14(2)21/h4-11,14,21H,12H2,1-3H3,(H,19,22)/t14-/m1/s1. The van der Waals surface area contributed by atoms with E-state index >= 15 is 0 Å². The second-order valence-electron chi connectivity index (χ2n) is 5.89. The Morgan fingerprint density at radius 1 is 1.20 bits per heavy atom. The number of carbonyl (C=O) groups excluding carboxylic acids is 1. The van der Waals surface area contributed by atoms with Crippen molar-refractivity contribution in [1.82, 2.24) is 5.32 Å². The number of hydrogen-bond donors (Lipinski definition) is 2. The molecule has 2 rings (SSSR count). The van der Waals surface area contributed by atoms with E-state index in [1.54, 1.807) is 19.1 Å². The Morgan fingerprint density at radius 2 is 1.84 bits per heavy atom. The first-order valence-corrected chi connectivity index (χ1v) is 9.28. The lowest BCUT2D eigenvalue weighted by Crippen LogP contribution is -2.31. The zero-order valence-corrected chi connectivity index (χ0v) is 15.2. The highest BCUT2D eigenvalue weighted by atomic mass is 32.2. The maximum atomic E-state index is 12.8. The Kier molecular flexibility index (Phi) is 5.81. The van der Waals surface area contributed by atoms with Gasteiger partial charge in [0.1, 0.15) is 0 Å². The zero-order valence-electron chi connectivity index (χ0n) is 14.4. The summed E-state index contributed by atoms with van der Waals surface area (Å²) in [6.07, 6.45) is -0.677. The van der Waals surface area contributed by atoms with Gasteiger partial charge in [0, 0.05) is 19.2 Å². The Morgan fingerprint density at radius 3 is 2.44 bits per heavy atom. The predicted molar refractivity (Wildman–Crippen MR) is 97.2 cm³/mol. The van der Waals surface area contributed by atoms with Crippen LogP contribution in [0.1, 0.15) is 22.8 Å². The van der Waals surface area contributed by atoms with Crippen molar-refractivity contribution in [3.05, 3.63) is 59.7 Å². The van der Waals surface area contributed by atoms with Crippen molar-refractivity contribution < 1.29 is 18.3 Å². The van der Waals surface area contributed by atoms with Gasteiger partial charge in [-0.3, -0.25) is 9.10 Å². The lowest BCUT2D eigenvalue weighted by Gasteiger charge is -2.20. The summed E-state index contributed by atoms with van der Waals surface area (Å²) in [6, 6.07) is 13.0. The number of anilines is 1. The van der Waals surface area contributed by atoms with E-state index in [1.165, 1.54) is 35.6 Å². The molecule has 0 unspecified atom stereocenters. The van der Waals surface area contributed by atoms with Crippen molar-refractivity contribution in [2.24, 2.45) is 0 Å². The number of sulfonamides is 1. The Balaban J connectivity index is 2.29. The summed E-state index contributed by atoms with van der Waals surface area (Å²) < 4.78 is 26.8. The number of amides is 1. The lowest BCUT2D eigenvalue weighted by atomic mass is 10.2. The molecule has 0 radical (unpaired) electrons. The van der Waals surface area contributed by atoms with Crippen LogP contribution in [0, 0.1) is 6.92 Å². The highest BCUT2D eigenvalue weighted by Gasteiger charge is 2.22. The third kappa shape index (κ3) is 4.58. The van der Waals surface area contributed by atoms with E-state index in [1.807, 2.05) is 19.1 Å². The lowest BCUT2D eigenvalue weighted by molar-refractivity contribution is 0.0924. The topological polar surface area (TPSA) is 86.7 Å². The van der Waals surface area contributed by atoms with Gasteiger partial charge in [-0.1, -0.05) is 23.8 Å². The van der Waals surface area contributed by atoms with Crippen LogP contribution >= 0.6 is 0 Å². The van der Waals surface area contributed by atoms with Gasteiger partial charge in [0.05, 0.1) is 16.7 Å². The van der Waals surface area contributed by atoms with Gasteiger partial charge in [-0.15, -0.1) is 0 Å². The van der Waals surface area contributed by atoms with E-state index in [4.69, 9.17) is 0 Å². The number of benzene rings is 2. The minimum Gasteiger partial charge on any atom is -0.392 e. The third-order valence-corrected chi connectivity index (χ3v) is 5.49. The van der Waals surface area contributed by atoms with E-state index in [0.717, 1.165) is 5.56 Å². The summed E-state index contributed by atoms with van der Waals surface area (Å²) in [6.45, 7) is 3.57. The second kappa shape index (κ2) is 7.67. The molecule has 0 saturated heterocycles. The van der Waals surface area contributed by atoms with Gasteiger partial charge in [-0.2, -0.15) is 0 Å². The van der Waals surface area contributed by atoms with Crippen LogP contribution in [0.2, 0.25) is 0 Å². The maximum Gasteiger partial charge on any atom is 0.264 e. The highest BCUT2D eigenvalue weighted by Crippen LogP contribution is 2.23. The maximum absolute atomic E-state index is 12.8. The smallest absolute Gasteiger partial charge is 0.264 e. The molecule has 25 heavy (non-hydrogen) atoms. The van der Waals surface area contributed by atoms with Gasteiger partial charge in [-0.05, 0) is 44.2 Å². The van der Waals surface area contributed by atoms with Crippen LogP contribution in [-0.2, 0) is 10.0 Å². The number of aliphatic hydroxyl groups excluding tert-OH is 1. The number of nitrogens with one attached hydrogen (secondary N) is 1. The number of nitrogens with zero attached hydrogens (tertiary/aromatic N) is 1. The first kappa shape index (κ1) is 19.0. The highest BCUT2D eigenvalue weighted by molar-refractivity contribution is 7.92. The van der Waals surface area contributed by atoms with Gasteiger partial charge in [-0.25, -0.2) is 8.42 Å². The average Bonchev–Trinajstić information content (AvgIpc) is 2.59. The summed E-state index contributed by atoms with van der Waals surface area (Å²) in [7, 11) is -2.32. The molecule has 6 nitrogen and oxygen atoms in total. The minimum atomic E-state index is -3.79. The van der Waals surface area contributed by atoms with Crippen LogP contribution in [0.4, 0.5) is 5.69 Å². The molecule has 0 spiro atoms. The van der Waals surface area contributed by atoms with Crippen LogP contribution in [0.3, 0.4) is 0 Å². The molecule has 134 valence electrons. The van der Waals surface area contributed by atoms with Crippen LogP contribution in [0.5, 0.6) is 0 Å². The van der Waals surface area contributed by atoms with Crippen LogP contribution < -0.4 is 9.62 Å². The average molecular weight is 362 g/mol. The predicted octanol–water partition coefficient (Wildman–Crippen LogP) is 1.93. The molecule has 0 aliphatic carbocycles. The van der Waals surface area contributed by atoms with Crippen molar-refractivity contribution in [1.29, 1.82) is 0 Å². The Labute approximate surface area is 148 Å². The van der Waals surface area contributed by atoms with Crippen molar-refractivity contribution in [2.45, 2.75) is 24.8 Å². The molecular formula is C18H22N2O4S. The van der Waals surface area contributed by atoms with Gasteiger partial charge < -0.3 is 10.4 Å². The molecule has 1 amide bonds. The summed E-state index contributed by atoms with van der Waals surface area (Å²) in [5.41, 5.74) is 1.79. The summed E-state index contributed by atoms with van der Waals surface area (Å²) >= 11 is 0. The minimum absolute atomic E-state index is 0.0280. The first-order chi connectivity index (χ1) is 11.7. The molecule has 0 aliphatic heterocycles. The molecular weight excluding hydrogens is 340 g/mol. The second-order valence-corrected chi connectivity index (χ2v) is 7.86. The van der Waals surface area contributed by atoms with Crippen molar-refractivity contribution in [3.63, 3.8) is 0 Å². The molecule has 0 aliphatic rings. The van der Waals surface area contributed by atoms with Crippen LogP contribution in [0.15, 0.2) is 53.4 Å². The van der Waals surface area contributed by atoms with Gasteiger partial charge in [0.25, 0.3) is 15.9 Å². The molecule has 2 aromatic carbocycles. The quantitative estimate of drug-likeness (QED) is 0.822. The molecule has 2 aromatic rings. The summed E-state index contributed by atoms with van der Waals surface area (Å²) in [5.74, 6) is -0.434. The fraction of sp³-hybridized carbons (Fsp3) is 0.278. The number of carbonyl (C=O) groups is 1. The van der Waals surface area contributed by atoms with Crippen molar-refractivity contribution in [3.8, 4) is 0 Å². The van der Waals surface area contributed by atoms with E-state index in [9.17, 15) is 18.3 Å². The Bertz CT molecular complexity index is 846. The van der Waals surface area contributed by atoms with Gasteiger partial charge in [0.15, 0.2) is 0 Å². The van der Waals surface area contributed by atoms with Crippen molar-refractivity contribution in [2.75, 3.05) is 17.9 Å². The first-order valence-electron chi connectivity index (χ1n) is 7.84. The van der Waals surface area contributed by atoms with E-state index < -0.39 is 22.0 Å². The number of aliphatic hydroxyl groups is 1. The SMILES string of the molecule is Cc1ccc(N(C)S(=O)(=O)c2cccc(C(=O)NC[C@@H](C)O)c2)cc1. The normalized spacial score (nSPS) is 12.5. The van der Waals surface area contributed by atoms with Crippen molar-refractivity contribution >= 4 is 21.6 Å². The van der Waals surface area contributed by atoms with E-state index in [-0.39, 0.29) is 17.0 Å². The molecule has 0 bridgehead atoms. The van der Waals surface area contributed by atoms with Gasteiger partial charge in [0.2, 0.25) is 0 Å². The molecule has 7 heteroatoms. The third-order valence-electron chi connectivity index (χ3n) is 3.71. The van der Waals surface area contributed by atoms with Gasteiger partial charge >= 0.3 is 0 Å². The molecule has 0 heterocycles. The monoisotopic (exact) mass is 362 g/mol. The molecule has 0 fully saturated rings. The summed E-state index contributed by atoms with van der Waals surface area (Å²) in [5, 5.41) is 11.8. The van der Waals surface area contributed by atoms with Crippen LogP contribution in [0.25, 0.3) is 0 Å². The largest absolute Gasteiger partial charge is 0.392 e. The fourth-order valence-electron chi connectivity index (χ4n) is 2.19. The zero-order chi connectivity index (χ0) is 18.6. The molecule has 1 atom stereocenters. The number of rotatable bonds is 6. The van der Waals surface area contributed by atoms with E-state index in [0.29, 0.717) is 5.69 Å². The summed E-state index contributed by atoms with van der Waals surface area (Å²) in [4.78, 5) is 12.1.